The number of para-hydroxylation sites is 1. The molecule has 19 heavy (non-hydrogen) atoms. The van der Waals surface area contributed by atoms with Gasteiger partial charge in [-0.1, -0.05) is 6.07 Å². The van der Waals surface area contributed by atoms with E-state index in [1.54, 1.807) is 23.0 Å². The smallest absolute Gasteiger partial charge is 0.337 e. The van der Waals surface area contributed by atoms with Crippen LogP contribution in [-0.4, -0.2) is 27.4 Å². The third-order valence-electron chi connectivity index (χ3n) is 2.82. The van der Waals surface area contributed by atoms with Crippen molar-refractivity contribution in [3.8, 4) is 0 Å². The number of carbonyl (C=O) groups is 1. The highest BCUT2D eigenvalue weighted by Crippen LogP contribution is 2.22. The first-order valence-electron chi connectivity index (χ1n) is 5.91. The number of aryl methyl sites for hydroxylation is 1. The van der Waals surface area contributed by atoms with Gasteiger partial charge in [0.05, 0.1) is 23.1 Å². The molecule has 0 aliphatic heterocycles. The molecule has 1 aromatic heterocycles. The Labute approximate surface area is 110 Å². The molecule has 6 nitrogen and oxygen atoms in total. The van der Waals surface area contributed by atoms with E-state index in [4.69, 9.17) is 10.8 Å². The number of hydrogen-bond donors (Lipinski definition) is 3. The molecule has 0 radical (unpaired) electrons. The highest BCUT2D eigenvalue weighted by molar-refractivity contribution is 5.97. The number of aromatic carboxylic acids is 1. The SMILES string of the molecule is Cn1cc(CCNc2cccc(C(=O)O)c2N)cn1. The van der Waals surface area contributed by atoms with Crippen LogP contribution in [0.2, 0.25) is 0 Å². The molecule has 1 heterocycles. The molecule has 1 aromatic carbocycles. The molecular formula is C13H16N4O2. The summed E-state index contributed by atoms with van der Waals surface area (Å²) in [5.74, 6) is -1.02. The van der Waals surface area contributed by atoms with Crippen LogP contribution in [0.1, 0.15) is 15.9 Å². The van der Waals surface area contributed by atoms with E-state index in [2.05, 4.69) is 10.4 Å². The molecule has 0 saturated carbocycles. The molecule has 0 bridgehead atoms. The first-order valence-corrected chi connectivity index (χ1v) is 5.91. The van der Waals surface area contributed by atoms with Gasteiger partial charge < -0.3 is 16.2 Å². The van der Waals surface area contributed by atoms with Crippen molar-refractivity contribution in [3.63, 3.8) is 0 Å². The van der Waals surface area contributed by atoms with Crippen LogP contribution in [0.25, 0.3) is 0 Å². The van der Waals surface area contributed by atoms with Gasteiger partial charge in [0.1, 0.15) is 0 Å². The summed E-state index contributed by atoms with van der Waals surface area (Å²) in [6, 6.07) is 4.93. The lowest BCUT2D eigenvalue weighted by Crippen LogP contribution is -2.09. The average Bonchev–Trinajstić information content (AvgIpc) is 2.77. The number of hydrogen-bond acceptors (Lipinski definition) is 4. The van der Waals surface area contributed by atoms with Crippen LogP contribution in [-0.2, 0) is 13.5 Å². The Morgan fingerprint density at radius 3 is 2.95 bits per heavy atom. The molecule has 0 amide bonds. The van der Waals surface area contributed by atoms with Crippen LogP contribution >= 0.6 is 0 Å². The summed E-state index contributed by atoms with van der Waals surface area (Å²) < 4.78 is 1.74. The fourth-order valence-corrected chi connectivity index (χ4v) is 1.85. The predicted molar refractivity (Wildman–Crippen MR) is 73.2 cm³/mol. The molecule has 4 N–H and O–H groups in total. The Kier molecular flexibility index (Phi) is 3.70. The summed E-state index contributed by atoms with van der Waals surface area (Å²) in [6.45, 7) is 0.666. The lowest BCUT2D eigenvalue weighted by atomic mass is 10.1. The molecule has 0 aliphatic carbocycles. The maximum atomic E-state index is 11.0. The quantitative estimate of drug-likeness (QED) is 0.706. The molecule has 0 atom stereocenters. The second kappa shape index (κ2) is 5.43. The van der Waals surface area contributed by atoms with Gasteiger partial charge in [0, 0.05) is 19.8 Å². The third kappa shape index (κ3) is 3.04. The van der Waals surface area contributed by atoms with Crippen LogP contribution in [0.4, 0.5) is 11.4 Å². The van der Waals surface area contributed by atoms with Gasteiger partial charge in [0.15, 0.2) is 0 Å². The largest absolute Gasteiger partial charge is 0.478 e. The van der Waals surface area contributed by atoms with Crippen LogP contribution in [0.5, 0.6) is 0 Å². The van der Waals surface area contributed by atoms with Gasteiger partial charge in [-0.2, -0.15) is 5.10 Å². The van der Waals surface area contributed by atoms with Crippen molar-refractivity contribution in [1.82, 2.24) is 9.78 Å². The van der Waals surface area contributed by atoms with Crippen molar-refractivity contribution < 1.29 is 9.90 Å². The van der Waals surface area contributed by atoms with Gasteiger partial charge >= 0.3 is 5.97 Å². The highest BCUT2D eigenvalue weighted by Gasteiger charge is 2.10. The normalized spacial score (nSPS) is 10.4. The molecular weight excluding hydrogens is 244 g/mol. The van der Waals surface area contributed by atoms with E-state index < -0.39 is 5.97 Å². The molecule has 2 rings (SSSR count). The summed E-state index contributed by atoms with van der Waals surface area (Å²) in [5.41, 5.74) is 7.95. The van der Waals surface area contributed by atoms with Gasteiger partial charge in [-0.25, -0.2) is 4.79 Å². The Balaban J connectivity index is 2.00. The number of carboxylic acids is 1. The zero-order valence-electron chi connectivity index (χ0n) is 10.6. The van der Waals surface area contributed by atoms with E-state index in [0.717, 1.165) is 12.0 Å². The van der Waals surface area contributed by atoms with Gasteiger partial charge in [-0.15, -0.1) is 0 Å². The summed E-state index contributed by atoms with van der Waals surface area (Å²) in [4.78, 5) is 11.0. The predicted octanol–water partition coefficient (Wildman–Crippen LogP) is 1.36. The maximum Gasteiger partial charge on any atom is 0.337 e. The lowest BCUT2D eigenvalue weighted by molar-refractivity contribution is 0.0698. The van der Waals surface area contributed by atoms with Crippen molar-refractivity contribution >= 4 is 17.3 Å². The van der Waals surface area contributed by atoms with Crippen LogP contribution in [0.15, 0.2) is 30.6 Å². The number of aromatic nitrogens is 2. The van der Waals surface area contributed by atoms with Crippen molar-refractivity contribution in [2.75, 3.05) is 17.6 Å². The monoisotopic (exact) mass is 260 g/mol. The summed E-state index contributed by atoms with van der Waals surface area (Å²) in [7, 11) is 1.87. The van der Waals surface area contributed by atoms with Crippen LogP contribution < -0.4 is 11.1 Å². The molecule has 0 saturated heterocycles. The molecule has 2 aromatic rings. The van der Waals surface area contributed by atoms with E-state index >= 15 is 0 Å². The van der Waals surface area contributed by atoms with Crippen molar-refractivity contribution in [3.05, 3.63) is 41.7 Å². The Morgan fingerprint density at radius 2 is 2.32 bits per heavy atom. The lowest BCUT2D eigenvalue weighted by Gasteiger charge is -2.10. The first-order chi connectivity index (χ1) is 9.08. The second-order valence-electron chi connectivity index (χ2n) is 4.27. The molecule has 0 fully saturated rings. The number of nitrogens with two attached hydrogens (primary N) is 1. The highest BCUT2D eigenvalue weighted by atomic mass is 16.4. The fourth-order valence-electron chi connectivity index (χ4n) is 1.85. The second-order valence-corrected chi connectivity index (χ2v) is 4.27. The maximum absolute atomic E-state index is 11.0. The van der Waals surface area contributed by atoms with Crippen LogP contribution in [0, 0.1) is 0 Å². The van der Waals surface area contributed by atoms with Crippen molar-refractivity contribution in [1.29, 1.82) is 0 Å². The van der Waals surface area contributed by atoms with Gasteiger partial charge in [0.25, 0.3) is 0 Å². The molecule has 0 unspecified atom stereocenters. The number of nitrogens with zero attached hydrogens (tertiary/aromatic N) is 2. The summed E-state index contributed by atoms with van der Waals surface area (Å²) in [6.07, 6.45) is 4.54. The standard InChI is InChI=1S/C13H16N4O2/c1-17-8-9(7-16-17)5-6-15-11-4-2-3-10(12(11)14)13(18)19/h2-4,7-8,15H,5-6,14H2,1H3,(H,18,19). The summed E-state index contributed by atoms with van der Waals surface area (Å²) in [5, 5.41) is 16.2. The number of carboxylic acid groups (broad SMARTS) is 1. The topological polar surface area (TPSA) is 93.2 Å². The number of nitrogens with one attached hydrogen (secondary N) is 1. The average molecular weight is 260 g/mol. The Bertz CT molecular complexity index is 592. The molecule has 0 spiro atoms. The van der Waals surface area contributed by atoms with E-state index in [1.165, 1.54) is 6.07 Å². The fraction of sp³-hybridized carbons (Fsp3) is 0.231. The first kappa shape index (κ1) is 12.9. The number of benzene rings is 1. The number of nitrogen functional groups attached to an aromatic ring is 1. The minimum atomic E-state index is -1.02. The van der Waals surface area contributed by atoms with E-state index in [9.17, 15) is 4.79 Å². The van der Waals surface area contributed by atoms with E-state index in [1.807, 2.05) is 13.2 Å². The molecule has 0 aliphatic rings. The minimum absolute atomic E-state index is 0.117. The van der Waals surface area contributed by atoms with Gasteiger partial charge in [-0.3, -0.25) is 4.68 Å². The van der Waals surface area contributed by atoms with Gasteiger partial charge in [0.2, 0.25) is 0 Å². The number of anilines is 2. The zero-order chi connectivity index (χ0) is 13.8. The molecule has 100 valence electrons. The number of rotatable bonds is 5. The zero-order valence-corrected chi connectivity index (χ0v) is 10.6. The Morgan fingerprint density at radius 1 is 1.53 bits per heavy atom. The van der Waals surface area contributed by atoms with Crippen molar-refractivity contribution in [2.24, 2.45) is 7.05 Å². The summed E-state index contributed by atoms with van der Waals surface area (Å²) >= 11 is 0. The van der Waals surface area contributed by atoms with Gasteiger partial charge in [-0.05, 0) is 24.1 Å². The van der Waals surface area contributed by atoms with Crippen LogP contribution in [0.3, 0.4) is 0 Å². The van der Waals surface area contributed by atoms with E-state index in [0.29, 0.717) is 12.2 Å². The molecule has 6 heteroatoms. The third-order valence-corrected chi connectivity index (χ3v) is 2.82. The Hall–Kier alpha value is -2.50. The van der Waals surface area contributed by atoms with E-state index in [-0.39, 0.29) is 11.3 Å². The van der Waals surface area contributed by atoms with Crippen molar-refractivity contribution in [2.45, 2.75) is 6.42 Å². The minimum Gasteiger partial charge on any atom is -0.478 e.